The highest BCUT2D eigenvalue weighted by Crippen LogP contribution is 2.43. The van der Waals surface area contributed by atoms with Crippen molar-refractivity contribution in [2.24, 2.45) is 0 Å². The Kier molecular flexibility index (Phi) is 5.13. The van der Waals surface area contributed by atoms with Crippen LogP contribution < -0.4 is 15.1 Å². The number of benzene rings is 2. The Morgan fingerprint density at radius 2 is 2.00 bits per heavy atom. The zero-order chi connectivity index (χ0) is 23.3. The smallest absolute Gasteiger partial charge is 0.297 e. The number of carbonyl (C=O) groups is 1. The molecule has 2 aromatic carbocycles. The second-order valence-electron chi connectivity index (χ2n) is 7.91. The molecule has 2 aromatic heterocycles. The fourth-order valence-corrected chi connectivity index (χ4v) is 5.09. The van der Waals surface area contributed by atoms with E-state index in [1.807, 2.05) is 19.9 Å². The van der Waals surface area contributed by atoms with Crippen molar-refractivity contribution in [3.63, 3.8) is 0 Å². The van der Waals surface area contributed by atoms with Crippen molar-refractivity contribution in [3.8, 4) is 11.5 Å². The summed E-state index contributed by atoms with van der Waals surface area (Å²) in [4.78, 5) is 28.7. The van der Waals surface area contributed by atoms with Crippen molar-refractivity contribution >= 4 is 33.3 Å². The van der Waals surface area contributed by atoms with Crippen LogP contribution in [0.25, 0.3) is 11.0 Å². The molecule has 1 aliphatic rings. The number of ether oxygens (including phenoxy) is 1. The van der Waals surface area contributed by atoms with Gasteiger partial charge in [0.15, 0.2) is 16.9 Å². The molecule has 3 heterocycles. The summed E-state index contributed by atoms with van der Waals surface area (Å²) in [7, 11) is 1.44. The number of carbonyl (C=O) groups excluding carboxylic acids is 1. The second-order valence-corrected chi connectivity index (χ2v) is 8.95. The number of hydrogen-bond donors (Lipinski definition) is 1. The first-order chi connectivity index (χ1) is 15.9. The number of amides is 1. The van der Waals surface area contributed by atoms with Gasteiger partial charge in [0.1, 0.15) is 10.6 Å². The highest BCUT2D eigenvalue weighted by atomic mass is 32.1. The van der Waals surface area contributed by atoms with E-state index < -0.39 is 11.9 Å². The second kappa shape index (κ2) is 8.00. The largest absolute Gasteiger partial charge is 0.504 e. The number of hydrogen-bond acceptors (Lipinski definition) is 8. The van der Waals surface area contributed by atoms with Gasteiger partial charge in [-0.05, 0) is 43.2 Å². The molecule has 1 aliphatic heterocycles. The monoisotopic (exact) mass is 463 g/mol. The van der Waals surface area contributed by atoms with Crippen molar-refractivity contribution in [2.75, 3.05) is 12.0 Å². The van der Waals surface area contributed by atoms with Gasteiger partial charge in [-0.2, -0.15) is 0 Å². The molecule has 0 fully saturated rings. The molecule has 1 N–H and O–H groups in total. The minimum absolute atomic E-state index is 0.0133. The predicted octanol–water partition coefficient (Wildman–Crippen LogP) is 4.37. The number of phenols is 1. The molecule has 8 nitrogen and oxygen atoms in total. The van der Waals surface area contributed by atoms with E-state index >= 15 is 0 Å². The van der Waals surface area contributed by atoms with E-state index in [2.05, 4.69) is 10.2 Å². The molecule has 0 saturated heterocycles. The molecule has 0 bridgehead atoms. The number of nitrogens with zero attached hydrogens (tertiary/aromatic N) is 3. The molecule has 1 amide bonds. The lowest BCUT2D eigenvalue weighted by Crippen LogP contribution is -2.29. The summed E-state index contributed by atoms with van der Waals surface area (Å²) < 4.78 is 11.2. The zero-order valence-corrected chi connectivity index (χ0v) is 19.1. The molecule has 9 heteroatoms. The standard InChI is InChI=1S/C24H21N3O5S/c1-4-5-18-25-26-24(33-18)27-20(13-7-8-15(28)17(11-13)31-3)19-21(29)14-10-12(2)6-9-16(14)32-22(19)23(27)30/h6-11,20,28H,4-5H2,1-3H3. The molecule has 1 atom stereocenters. The van der Waals surface area contributed by atoms with Gasteiger partial charge in [-0.25, -0.2) is 0 Å². The molecule has 0 spiro atoms. The van der Waals surface area contributed by atoms with Gasteiger partial charge in [-0.1, -0.05) is 36.0 Å². The minimum Gasteiger partial charge on any atom is -0.504 e. The Balaban J connectivity index is 1.78. The zero-order valence-electron chi connectivity index (χ0n) is 18.3. The fraction of sp³-hybridized carbons (Fsp3) is 0.250. The van der Waals surface area contributed by atoms with Crippen LogP contribution in [0.15, 0.2) is 45.6 Å². The van der Waals surface area contributed by atoms with Gasteiger partial charge in [-0.3, -0.25) is 14.5 Å². The van der Waals surface area contributed by atoms with Crippen molar-refractivity contribution < 1.29 is 19.1 Å². The van der Waals surface area contributed by atoms with E-state index in [9.17, 15) is 14.7 Å². The molecule has 1 unspecified atom stereocenters. The Morgan fingerprint density at radius 3 is 2.76 bits per heavy atom. The van der Waals surface area contributed by atoms with Crippen molar-refractivity contribution in [3.05, 3.63) is 74.1 Å². The molecule has 0 aliphatic carbocycles. The van der Waals surface area contributed by atoms with Crippen LogP contribution in [0.1, 0.15) is 51.6 Å². The van der Waals surface area contributed by atoms with Crippen molar-refractivity contribution in [1.29, 1.82) is 0 Å². The van der Waals surface area contributed by atoms with E-state index in [0.29, 0.717) is 21.7 Å². The van der Waals surface area contributed by atoms with E-state index in [4.69, 9.17) is 9.15 Å². The molecule has 0 saturated carbocycles. The Morgan fingerprint density at radius 1 is 1.18 bits per heavy atom. The first-order valence-electron chi connectivity index (χ1n) is 10.5. The number of aromatic hydroxyl groups is 1. The number of phenolic OH excluding ortho intramolecular Hbond substituents is 1. The topological polar surface area (TPSA) is 106 Å². The number of rotatable bonds is 5. The molecular formula is C24H21N3O5S. The van der Waals surface area contributed by atoms with E-state index in [1.165, 1.54) is 29.4 Å². The summed E-state index contributed by atoms with van der Waals surface area (Å²) in [5, 5.41) is 20.1. The maximum absolute atomic E-state index is 13.7. The highest BCUT2D eigenvalue weighted by molar-refractivity contribution is 7.15. The third-order valence-electron chi connectivity index (χ3n) is 5.67. The first kappa shape index (κ1) is 21.1. The van der Waals surface area contributed by atoms with Crippen molar-refractivity contribution in [2.45, 2.75) is 32.7 Å². The van der Waals surface area contributed by atoms with Gasteiger partial charge in [0.2, 0.25) is 10.9 Å². The number of fused-ring (bicyclic) bond motifs is 2. The lowest BCUT2D eigenvalue weighted by molar-refractivity contribution is 0.0970. The third-order valence-corrected chi connectivity index (χ3v) is 6.65. The Labute approximate surface area is 193 Å². The Bertz CT molecular complexity index is 1460. The number of aromatic nitrogens is 2. The van der Waals surface area contributed by atoms with Crippen LogP contribution in [0.4, 0.5) is 5.13 Å². The summed E-state index contributed by atoms with van der Waals surface area (Å²) >= 11 is 1.31. The maximum atomic E-state index is 13.7. The molecule has 33 heavy (non-hydrogen) atoms. The quantitative estimate of drug-likeness (QED) is 0.468. The van der Waals surface area contributed by atoms with Gasteiger partial charge in [0.25, 0.3) is 5.91 Å². The molecule has 5 rings (SSSR count). The van der Waals surface area contributed by atoms with E-state index in [1.54, 1.807) is 24.3 Å². The minimum atomic E-state index is -0.800. The van der Waals surface area contributed by atoms with Gasteiger partial charge >= 0.3 is 0 Å². The molecule has 0 radical (unpaired) electrons. The summed E-state index contributed by atoms with van der Waals surface area (Å²) in [5.74, 6) is -0.278. The van der Waals surface area contributed by atoms with E-state index in [0.717, 1.165) is 23.4 Å². The number of anilines is 1. The summed E-state index contributed by atoms with van der Waals surface area (Å²) in [6.45, 7) is 3.93. The highest BCUT2D eigenvalue weighted by Gasteiger charge is 2.45. The van der Waals surface area contributed by atoms with Crippen LogP contribution in [0, 0.1) is 6.92 Å². The van der Waals surface area contributed by atoms with Crippen LogP contribution in [0.2, 0.25) is 0 Å². The average molecular weight is 464 g/mol. The summed E-state index contributed by atoms with van der Waals surface area (Å²) in [6.07, 6.45) is 1.64. The normalized spacial score (nSPS) is 15.3. The summed E-state index contributed by atoms with van der Waals surface area (Å²) in [5.41, 5.74) is 1.81. The van der Waals surface area contributed by atoms with E-state index in [-0.39, 0.29) is 28.3 Å². The fourth-order valence-electron chi connectivity index (χ4n) is 4.12. The van der Waals surface area contributed by atoms with Crippen LogP contribution in [0.5, 0.6) is 11.5 Å². The van der Waals surface area contributed by atoms with Gasteiger partial charge in [0.05, 0.1) is 24.1 Å². The van der Waals surface area contributed by atoms with Gasteiger partial charge in [0, 0.05) is 6.42 Å². The average Bonchev–Trinajstić information content (AvgIpc) is 3.37. The maximum Gasteiger partial charge on any atom is 0.297 e. The first-order valence-corrected chi connectivity index (χ1v) is 11.3. The number of aryl methyl sites for hydroxylation is 2. The van der Waals surface area contributed by atoms with Crippen LogP contribution in [-0.4, -0.2) is 28.3 Å². The van der Waals surface area contributed by atoms with Crippen LogP contribution in [0.3, 0.4) is 0 Å². The lowest BCUT2D eigenvalue weighted by Gasteiger charge is -2.22. The van der Waals surface area contributed by atoms with Crippen LogP contribution >= 0.6 is 11.3 Å². The molecule has 168 valence electrons. The molecular weight excluding hydrogens is 442 g/mol. The Hall–Kier alpha value is -3.72. The van der Waals surface area contributed by atoms with Crippen LogP contribution in [-0.2, 0) is 6.42 Å². The molecule has 4 aromatic rings. The van der Waals surface area contributed by atoms with Gasteiger partial charge in [-0.15, -0.1) is 10.2 Å². The lowest BCUT2D eigenvalue weighted by atomic mass is 9.98. The summed E-state index contributed by atoms with van der Waals surface area (Å²) in [6, 6.07) is 9.24. The SMILES string of the molecule is CCCc1nnc(N2C(=O)c3oc4ccc(C)cc4c(=O)c3C2c2ccc(O)c(OC)c2)s1. The van der Waals surface area contributed by atoms with Gasteiger partial charge < -0.3 is 14.3 Å². The third kappa shape index (κ3) is 3.36. The predicted molar refractivity (Wildman–Crippen MR) is 124 cm³/mol. The van der Waals surface area contributed by atoms with Crippen molar-refractivity contribution in [1.82, 2.24) is 10.2 Å². The number of methoxy groups -OCH3 is 1.